The van der Waals surface area contributed by atoms with Crippen LogP contribution in [0.5, 0.6) is 5.75 Å². The molecule has 0 heterocycles. The first kappa shape index (κ1) is 20.6. The molecule has 0 amide bonds. The van der Waals surface area contributed by atoms with E-state index in [-0.39, 0.29) is 51.4 Å². The van der Waals surface area contributed by atoms with Gasteiger partial charge in [-0.2, -0.15) is 0 Å². The third kappa shape index (κ3) is 7.02. The first-order valence-corrected chi connectivity index (χ1v) is 7.34. The summed E-state index contributed by atoms with van der Waals surface area (Å²) in [6, 6.07) is 4.83. The van der Waals surface area contributed by atoms with Crippen LogP contribution in [0, 0.1) is 6.92 Å². The van der Waals surface area contributed by atoms with E-state index < -0.39 is 26.0 Å². The minimum Gasteiger partial charge on any atom is -0.776 e. The zero-order valence-electron chi connectivity index (χ0n) is 11.3. The number of benzene rings is 1. The number of aryl methyl sites for hydroxylation is 1. The molecule has 1 rings (SSSR count). The molecule has 0 aliphatic heterocycles. The van der Waals surface area contributed by atoms with Gasteiger partial charge < -0.3 is 23.8 Å². The van der Waals surface area contributed by atoms with E-state index in [1.165, 1.54) is 0 Å². The second-order valence-electron chi connectivity index (χ2n) is 3.85. The van der Waals surface area contributed by atoms with Crippen LogP contribution in [-0.2, 0) is 14.1 Å². The summed E-state index contributed by atoms with van der Waals surface area (Å²) < 4.78 is 20.3. The average Bonchev–Trinajstić information content (AvgIpc) is 2.26. The number of rotatable bonds is 5. The summed E-state index contributed by atoms with van der Waals surface area (Å²) in [4.78, 5) is 30.7. The molecule has 106 valence electrons. The first-order valence-electron chi connectivity index (χ1n) is 5.32. The SMILES string of the molecule is Cc1cc(Cl)ccc1OCC(=O)OC(C)P(=O)([O-])O.[K+]. The molecule has 1 aromatic carbocycles. The predicted octanol–water partition coefficient (Wildman–Crippen LogP) is -1.53. The Kier molecular flexibility index (Phi) is 9.13. The van der Waals surface area contributed by atoms with E-state index in [0.717, 1.165) is 12.5 Å². The summed E-state index contributed by atoms with van der Waals surface area (Å²) in [6.45, 7) is 2.33. The average molecular weight is 347 g/mol. The Hall–Kier alpha value is 0.566. The Balaban J connectivity index is 0.00000361. The van der Waals surface area contributed by atoms with E-state index in [2.05, 4.69) is 4.74 Å². The van der Waals surface area contributed by atoms with Gasteiger partial charge in [0.1, 0.15) is 5.75 Å². The minimum absolute atomic E-state index is 0. The Morgan fingerprint density at radius 3 is 2.65 bits per heavy atom. The van der Waals surface area contributed by atoms with E-state index in [1.54, 1.807) is 25.1 Å². The van der Waals surface area contributed by atoms with E-state index in [4.69, 9.17) is 21.2 Å². The zero-order valence-corrected chi connectivity index (χ0v) is 16.1. The van der Waals surface area contributed by atoms with Crippen molar-refractivity contribution in [2.24, 2.45) is 0 Å². The molecule has 0 radical (unpaired) electrons. The van der Waals surface area contributed by atoms with Crippen molar-refractivity contribution in [1.29, 1.82) is 0 Å². The number of carbonyl (C=O) groups is 1. The molecule has 0 spiro atoms. The van der Waals surface area contributed by atoms with Crippen LogP contribution in [0.25, 0.3) is 0 Å². The maximum Gasteiger partial charge on any atom is 1.00 e. The van der Waals surface area contributed by atoms with Gasteiger partial charge in [0.05, 0.1) is 0 Å². The molecule has 0 saturated carbocycles. The molecule has 0 aliphatic carbocycles. The molecule has 0 bridgehead atoms. The smallest absolute Gasteiger partial charge is 0.776 e. The molecule has 6 nitrogen and oxygen atoms in total. The number of esters is 1. The van der Waals surface area contributed by atoms with Gasteiger partial charge in [-0.1, -0.05) is 11.6 Å². The van der Waals surface area contributed by atoms with Crippen molar-refractivity contribution in [3.8, 4) is 5.75 Å². The molecule has 0 aromatic heterocycles. The molecule has 0 saturated heterocycles. The third-order valence-corrected chi connectivity index (χ3v) is 3.50. The summed E-state index contributed by atoms with van der Waals surface area (Å²) in [5.74, 6) is -2.06. The Morgan fingerprint density at radius 2 is 2.15 bits per heavy atom. The Bertz CT molecular complexity index is 518. The fourth-order valence-corrected chi connectivity index (χ4v) is 1.68. The zero-order chi connectivity index (χ0) is 14.6. The summed E-state index contributed by atoms with van der Waals surface area (Å²) in [6.07, 6.45) is 0. The first-order chi connectivity index (χ1) is 8.70. The maximum absolute atomic E-state index is 11.3. The topological polar surface area (TPSA) is 95.9 Å². The molecule has 1 N–H and O–H groups in total. The Morgan fingerprint density at radius 1 is 1.55 bits per heavy atom. The molecular formula is C11H13ClKO6P. The number of ether oxygens (including phenoxy) is 2. The van der Waals surface area contributed by atoms with Crippen molar-refractivity contribution < 1.29 is 80.0 Å². The largest absolute Gasteiger partial charge is 1.00 e. The number of hydrogen-bond acceptors (Lipinski definition) is 5. The maximum atomic E-state index is 11.3. The van der Waals surface area contributed by atoms with Crippen molar-refractivity contribution in [2.75, 3.05) is 6.61 Å². The van der Waals surface area contributed by atoms with Gasteiger partial charge >= 0.3 is 57.4 Å². The van der Waals surface area contributed by atoms with E-state index in [9.17, 15) is 14.3 Å². The normalized spacial score (nSPS) is 14.7. The molecule has 0 fully saturated rings. The molecule has 1 aromatic rings. The monoisotopic (exact) mass is 346 g/mol. The van der Waals surface area contributed by atoms with Crippen molar-refractivity contribution in [3.05, 3.63) is 28.8 Å². The second-order valence-corrected chi connectivity index (χ2v) is 6.14. The van der Waals surface area contributed by atoms with Crippen LogP contribution in [0.2, 0.25) is 5.02 Å². The van der Waals surface area contributed by atoms with Gasteiger partial charge in [-0.25, -0.2) is 4.79 Å². The van der Waals surface area contributed by atoms with Gasteiger partial charge in [-0.15, -0.1) is 0 Å². The molecule has 20 heavy (non-hydrogen) atoms. The second kappa shape index (κ2) is 8.88. The quantitative estimate of drug-likeness (QED) is 0.395. The predicted molar refractivity (Wildman–Crippen MR) is 67.1 cm³/mol. The standard InChI is InChI=1S/C11H14ClO6P.K/c1-7-5-9(12)3-4-10(7)17-6-11(13)18-8(2)19(14,15)16;/h3-5,8H,6H2,1-2H3,(H2,14,15,16);/q;+1/p-1. The van der Waals surface area contributed by atoms with Crippen LogP contribution in [0.3, 0.4) is 0 Å². The van der Waals surface area contributed by atoms with Crippen LogP contribution in [-0.4, -0.2) is 23.3 Å². The summed E-state index contributed by atoms with van der Waals surface area (Å²) in [5.41, 5.74) is 0.727. The van der Waals surface area contributed by atoms with Crippen molar-refractivity contribution in [3.63, 3.8) is 0 Å². The minimum atomic E-state index is -4.69. The van der Waals surface area contributed by atoms with Gasteiger partial charge in [0.2, 0.25) is 0 Å². The van der Waals surface area contributed by atoms with Gasteiger partial charge in [-0.05, 0) is 37.6 Å². The fraction of sp³-hybridized carbons (Fsp3) is 0.364. The summed E-state index contributed by atoms with van der Waals surface area (Å²) in [7, 11) is -4.69. The van der Waals surface area contributed by atoms with Crippen LogP contribution in [0.1, 0.15) is 12.5 Å². The molecule has 9 heteroatoms. The van der Waals surface area contributed by atoms with Gasteiger partial charge in [0.15, 0.2) is 20.0 Å². The number of carbonyl (C=O) groups excluding carboxylic acids is 1. The third-order valence-electron chi connectivity index (χ3n) is 2.24. The molecule has 0 aliphatic rings. The van der Waals surface area contributed by atoms with Crippen molar-refractivity contribution >= 4 is 25.2 Å². The Labute approximate surface area is 164 Å². The van der Waals surface area contributed by atoms with Crippen LogP contribution in [0.4, 0.5) is 0 Å². The summed E-state index contributed by atoms with van der Waals surface area (Å²) >= 11 is 5.76. The van der Waals surface area contributed by atoms with Gasteiger partial charge in [0.25, 0.3) is 0 Å². The van der Waals surface area contributed by atoms with E-state index in [0.29, 0.717) is 10.8 Å². The van der Waals surface area contributed by atoms with Crippen LogP contribution < -0.4 is 61.0 Å². The summed E-state index contributed by atoms with van der Waals surface area (Å²) in [5, 5.41) is 0.536. The van der Waals surface area contributed by atoms with E-state index in [1.807, 2.05) is 0 Å². The van der Waals surface area contributed by atoms with Gasteiger partial charge in [-0.3, -0.25) is 0 Å². The molecule has 2 atom stereocenters. The molecular weight excluding hydrogens is 334 g/mol. The van der Waals surface area contributed by atoms with Crippen LogP contribution >= 0.6 is 19.2 Å². The molecule has 2 unspecified atom stereocenters. The fourth-order valence-electron chi connectivity index (χ4n) is 1.20. The van der Waals surface area contributed by atoms with Gasteiger partial charge in [0, 0.05) is 5.02 Å². The van der Waals surface area contributed by atoms with Crippen molar-refractivity contribution in [1.82, 2.24) is 0 Å². The van der Waals surface area contributed by atoms with Crippen LogP contribution in [0.15, 0.2) is 18.2 Å². The number of hydrogen-bond donors (Lipinski definition) is 1. The number of halogens is 1. The van der Waals surface area contributed by atoms with Crippen molar-refractivity contribution in [2.45, 2.75) is 19.7 Å². The van der Waals surface area contributed by atoms with E-state index >= 15 is 0 Å².